The molecule has 3 aromatic carbocycles. The molecule has 0 fully saturated rings. The fraction of sp³-hybridized carbons (Fsp3) is 0.0526. The first-order chi connectivity index (χ1) is 12.6. The van der Waals surface area contributed by atoms with Gasteiger partial charge in [0.2, 0.25) is 0 Å². The largest absolute Gasteiger partial charge is 0.418 e. The van der Waals surface area contributed by atoms with Crippen molar-refractivity contribution in [2.45, 2.75) is 6.18 Å². The summed E-state index contributed by atoms with van der Waals surface area (Å²) >= 11 is 0. The number of para-hydroxylation sites is 1. The lowest BCUT2D eigenvalue weighted by molar-refractivity contribution is -0.136. The van der Waals surface area contributed by atoms with Crippen LogP contribution in [0.5, 0.6) is 0 Å². The predicted molar refractivity (Wildman–Crippen MR) is 105 cm³/mol. The average molecular weight is 375 g/mol. The Kier molecular flexibility index (Phi) is 5.69. The van der Waals surface area contributed by atoms with Crippen molar-refractivity contribution in [3.05, 3.63) is 66.2 Å². The number of rotatable bonds is 1. The number of alkyl halides is 3. The van der Waals surface area contributed by atoms with Gasteiger partial charge >= 0.3 is 6.18 Å². The third-order valence-electron chi connectivity index (χ3n) is 3.74. The molecule has 0 radical (unpaired) electrons. The van der Waals surface area contributed by atoms with E-state index in [0.717, 1.165) is 11.8 Å². The van der Waals surface area contributed by atoms with Gasteiger partial charge in [-0.1, -0.05) is 24.3 Å². The van der Waals surface area contributed by atoms with E-state index in [1.54, 1.807) is 0 Å². The molecule has 0 saturated heterocycles. The SMILES string of the molecule is Nc1ccc(-c2cc(N)c(N)c(N)c2)cc1C(F)(F)F.Nc1ccccc1. The maximum atomic E-state index is 12.8. The van der Waals surface area contributed by atoms with Gasteiger partial charge in [0.05, 0.1) is 22.6 Å². The lowest BCUT2D eigenvalue weighted by Crippen LogP contribution is -2.09. The molecule has 3 aromatic rings. The molecule has 0 spiro atoms. The van der Waals surface area contributed by atoms with Crippen molar-refractivity contribution in [1.29, 1.82) is 0 Å². The third-order valence-corrected chi connectivity index (χ3v) is 3.74. The Hall–Kier alpha value is -3.55. The van der Waals surface area contributed by atoms with E-state index < -0.39 is 11.7 Å². The van der Waals surface area contributed by atoms with Crippen LogP contribution >= 0.6 is 0 Å². The van der Waals surface area contributed by atoms with Gasteiger partial charge in [0, 0.05) is 11.4 Å². The van der Waals surface area contributed by atoms with Gasteiger partial charge in [-0.05, 0) is 47.5 Å². The zero-order valence-electron chi connectivity index (χ0n) is 14.3. The van der Waals surface area contributed by atoms with Crippen molar-refractivity contribution in [3.63, 3.8) is 0 Å². The molecule has 0 unspecified atom stereocenters. The van der Waals surface area contributed by atoms with Crippen molar-refractivity contribution >= 4 is 28.4 Å². The molecular formula is C19H20F3N5. The lowest BCUT2D eigenvalue weighted by Gasteiger charge is -2.13. The van der Waals surface area contributed by atoms with Gasteiger partial charge in [0.25, 0.3) is 0 Å². The minimum atomic E-state index is -4.52. The molecule has 0 atom stereocenters. The Bertz CT molecular complexity index is 901. The van der Waals surface area contributed by atoms with Crippen molar-refractivity contribution in [3.8, 4) is 11.1 Å². The number of benzene rings is 3. The third kappa shape index (κ3) is 4.97. The number of anilines is 5. The smallest absolute Gasteiger partial charge is 0.399 e. The fourth-order valence-corrected chi connectivity index (χ4v) is 2.30. The summed E-state index contributed by atoms with van der Waals surface area (Å²) in [6.45, 7) is 0. The molecule has 142 valence electrons. The molecule has 0 amide bonds. The van der Waals surface area contributed by atoms with E-state index in [1.807, 2.05) is 30.3 Å². The fourth-order valence-electron chi connectivity index (χ4n) is 2.30. The highest BCUT2D eigenvalue weighted by molar-refractivity contribution is 5.85. The Morgan fingerprint density at radius 3 is 1.59 bits per heavy atom. The second-order valence-corrected chi connectivity index (χ2v) is 5.78. The second-order valence-electron chi connectivity index (χ2n) is 5.78. The summed E-state index contributed by atoms with van der Waals surface area (Å²) in [6.07, 6.45) is -4.52. The van der Waals surface area contributed by atoms with Crippen LogP contribution in [-0.2, 0) is 6.18 Å². The van der Waals surface area contributed by atoms with E-state index in [4.69, 9.17) is 28.7 Å². The Morgan fingerprint density at radius 2 is 1.15 bits per heavy atom. The number of nitrogens with two attached hydrogens (primary N) is 5. The Balaban J connectivity index is 0.000000313. The number of hydrogen-bond acceptors (Lipinski definition) is 5. The maximum Gasteiger partial charge on any atom is 0.418 e. The maximum absolute atomic E-state index is 12.8. The minimum Gasteiger partial charge on any atom is -0.399 e. The number of halogens is 3. The first kappa shape index (κ1) is 19.8. The van der Waals surface area contributed by atoms with E-state index in [-0.39, 0.29) is 22.7 Å². The molecule has 10 N–H and O–H groups in total. The van der Waals surface area contributed by atoms with Crippen LogP contribution in [0.2, 0.25) is 0 Å². The number of hydrogen-bond donors (Lipinski definition) is 5. The molecule has 0 aliphatic heterocycles. The summed E-state index contributed by atoms with van der Waals surface area (Å²) in [6, 6.07) is 16.0. The zero-order valence-corrected chi connectivity index (χ0v) is 14.3. The highest BCUT2D eigenvalue weighted by atomic mass is 19.4. The summed E-state index contributed by atoms with van der Waals surface area (Å²) in [7, 11) is 0. The van der Waals surface area contributed by atoms with Gasteiger partial charge in [0.15, 0.2) is 0 Å². The molecule has 0 aliphatic carbocycles. The van der Waals surface area contributed by atoms with Crippen LogP contribution < -0.4 is 28.7 Å². The predicted octanol–water partition coefficient (Wildman–Crippen LogP) is 3.97. The molecular weight excluding hydrogens is 355 g/mol. The van der Waals surface area contributed by atoms with Crippen LogP contribution in [0.15, 0.2) is 60.7 Å². The first-order valence-corrected chi connectivity index (χ1v) is 7.81. The average Bonchev–Trinajstić information content (AvgIpc) is 2.60. The van der Waals surface area contributed by atoms with Crippen molar-refractivity contribution in [2.75, 3.05) is 28.7 Å². The highest BCUT2D eigenvalue weighted by Crippen LogP contribution is 2.37. The van der Waals surface area contributed by atoms with Crippen molar-refractivity contribution in [1.82, 2.24) is 0 Å². The molecule has 0 heterocycles. The van der Waals surface area contributed by atoms with E-state index >= 15 is 0 Å². The molecule has 8 heteroatoms. The molecule has 5 nitrogen and oxygen atoms in total. The van der Waals surface area contributed by atoms with E-state index in [9.17, 15) is 13.2 Å². The summed E-state index contributed by atoms with van der Waals surface area (Å²) < 4.78 is 38.5. The quantitative estimate of drug-likeness (QED) is 0.411. The second kappa shape index (κ2) is 7.77. The molecule has 27 heavy (non-hydrogen) atoms. The molecule has 0 aliphatic rings. The normalized spacial score (nSPS) is 10.8. The summed E-state index contributed by atoms with van der Waals surface area (Å²) in [5.74, 6) is 0. The van der Waals surface area contributed by atoms with Crippen molar-refractivity contribution in [2.24, 2.45) is 0 Å². The van der Waals surface area contributed by atoms with E-state index in [2.05, 4.69) is 0 Å². The van der Waals surface area contributed by atoms with Crippen LogP contribution in [0.3, 0.4) is 0 Å². The van der Waals surface area contributed by atoms with Crippen LogP contribution in [0.1, 0.15) is 5.56 Å². The van der Waals surface area contributed by atoms with E-state index in [0.29, 0.717) is 11.1 Å². The van der Waals surface area contributed by atoms with Gasteiger partial charge in [-0.2, -0.15) is 13.2 Å². The minimum absolute atomic E-state index is 0.209. The highest BCUT2D eigenvalue weighted by Gasteiger charge is 2.33. The summed E-state index contributed by atoms with van der Waals surface area (Å²) in [5, 5.41) is 0. The Labute approximate surface area is 154 Å². The number of nitrogen functional groups attached to an aromatic ring is 5. The van der Waals surface area contributed by atoms with Gasteiger partial charge < -0.3 is 28.7 Å². The zero-order chi connectivity index (χ0) is 20.2. The molecule has 0 aromatic heterocycles. The monoisotopic (exact) mass is 375 g/mol. The Morgan fingerprint density at radius 1 is 0.593 bits per heavy atom. The van der Waals surface area contributed by atoms with Gasteiger partial charge in [0.1, 0.15) is 0 Å². The van der Waals surface area contributed by atoms with Crippen LogP contribution in [-0.4, -0.2) is 0 Å². The van der Waals surface area contributed by atoms with Crippen LogP contribution in [0.25, 0.3) is 11.1 Å². The first-order valence-electron chi connectivity index (χ1n) is 7.81. The lowest BCUT2D eigenvalue weighted by atomic mass is 10.00. The van der Waals surface area contributed by atoms with E-state index in [1.165, 1.54) is 24.3 Å². The van der Waals surface area contributed by atoms with Crippen molar-refractivity contribution < 1.29 is 13.2 Å². The molecule has 3 rings (SSSR count). The molecule has 0 saturated carbocycles. The standard InChI is InChI=1S/C13H13F3N4.C6H7N/c14-13(15,16)8-3-6(1-2-9(8)17)7-4-10(18)12(20)11(19)5-7;7-6-4-2-1-3-5-6/h1-5H,17-20H2;1-5H,7H2. The summed E-state index contributed by atoms with van der Waals surface area (Å²) in [4.78, 5) is 0. The molecule has 0 bridgehead atoms. The van der Waals surface area contributed by atoms with Gasteiger partial charge in [-0.15, -0.1) is 0 Å². The van der Waals surface area contributed by atoms with Gasteiger partial charge in [-0.3, -0.25) is 0 Å². The summed E-state index contributed by atoms with van der Waals surface area (Å²) in [5.41, 5.74) is 28.6. The van der Waals surface area contributed by atoms with Crippen LogP contribution in [0.4, 0.5) is 41.6 Å². The topological polar surface area (TPSA) is 130 Å². The van der Waals surface area contributed by atoms with Gasteiger partial charge in [-0.25, -0.2) is 0 Å². The van der Waals surface area contributed by atoms with Crippen LogP contribution in [0, 0.1) is 0 Å².